The highest BCUT2D eigenvalue weighted by atomic mass is 127. The maximum atomic E-state index is 6.47. The average molecular weight is 566 g/mol. The van der Waals surface area contributed by atoms with Crippen LogP contribution in [-0.4, -0.2) is 53.6 Å². The van der Waals surface area contributed by atoms with Crippen molar-refractivity contribution in [1.82, 2.24) is 14.5 Å². The Kier molecular flexibility index (Phi) is 5.82. The van der Waals surface area contributed by atoms with Crippen LogP contribution in [0.1, 0.15) is 40.8 Å². The van der Waals surface area contributed by atoms with Crippen molar-refractivity contribution in [2.24, 2.45) is 0 Å². The topological polar surface area (TPSA) is 67.6 Å². The molecule has 0 aromatic carbocycles. The summed E-state index contributed by atoms with van der Waals surface area (Å²) in [5, 5.41) is 1.34. The fourth-order valence-corrected chi connectivity index (χ4v) is 5.55. The largest absolute Gasteiger partial charge is 0.414 e. The van der Waals surface area contributed by atoms with Gasteiger partial charge in [-0.3, -0.25) is 0 Å². The Morgan fingerprint density at radius 3 is 2.57 bits per heavy atom. The highest BCUT2D eigenvalue weighted by Gasteiger charge is 2.56. The van der Waals surface area contributed by atoms with Crippen LogP contribution in [-0.2, 0) is 18.6 Å². The van der Waals surface area contributed by atoms with Crippen molar-refractivity contribution in [3.8, 4) is 0 Å². The van der Waals surface area contributed by atoms with E-state index in [-0.39, 0.29) is 29.6 Å². The van der Waals surface area contributed by atoms with E-state index >= 15 is 0 Å². The van der Waals surface area contributed by atoms with E-state index in [0.29, 0.717) is 15.6 Å². The predicted octanol–water partition coefficient (Wildman–Crippen LogP) is 5.13. The summed E-state index contributed by atoms with van der Waals surface area (Å²) in [5.74, 6) is -0.684. The maximum absolute atomic E-state index is 6.47. The minimum Gasteiger partial charge on any atom is -0.414 e. The molecule has 2 saturated heterocycles. The number of rotatable bonds is 4. The van der Waals surface area contributed by atoms with Gasteiger partial charge in [0.15, 0.2) is 24.2 Å². The minimum atomic E-state index is -1.92. The van der Waals surface area contributed by atoms with E-state index in [0.717, 1.165) is 11.0 Å². The van der Waals surface area contributed by atoms with Gasteiger partial charge in [-0.2, -0.15) is 0 Å². The highest BCUT2D eigenvalue weighted by Crippen LogP contribution is 2.45. The van der Waals surface area contributed by atoms with Gasteiger partial charge in [0, 0.05) is 28.8 Å². The van der Waals surface area contributed by atoms with Crippen LogP contribution in [0.4, 0.5) is 0 Å². The third-order valence-electron chi connectivity index (χ3n) is 6.31. The van der Waals surface area contributed by atoms with Crippen molar-refractivity contribution in [3.63, 3.8) is 0 Å². The summed E-state index contributed by atoms with van der Waals surface area (Å²) in [6.07, 6.45) is 0.821. The SMILES string of the molecule is CC1(C)O[C@@H]2[C@H](O1)[C@@H](CO[Si](C)(C)C(C)(C)C)O[C@H]2n1ccc2c(Cl)nc(I)nc21. The zero-order valence-corrected chi connectivity index (χ0v) is 22.3. The lowest BCUT2D eigenvalue weighted by Crippen LogP contribution is -2.44. The Morgan fingerprint density at radius 1 is 1.23 bits per heavy atom. The molecule has 0 N–H and O–H groups in total. The summed E-state index contributed by atoms with van der Waals surface area (Å²) >= 11 is 8.40. The van der Waals surface area contributed by atoms with Crippen LogP contribution in [0.25, 0.3) is 11.0 Å². The number of halogens is 2. The molecule has 0 amide bonds. The first-order valence-corrected chi connectivity index (χ1v) is 14.5. The number of fused-ring (bicyclic) bond motifs is 2. The molecular formula is C20H29ClIN3O4Si. The molecule has 4 heterocycles. The third-order valence-corrected chi connectivity index (χ3v) is 11.6. The second kappa shape index (κ2) is 7.63. The smallest absolute Gasteiger partial charge is 0.194 e. The van der Waals surface area contributed by atoms with E-state index in [1.807, 2.05) is 30.7 Å². The first-order valence-electron chi connectivity index (χ1n) is 10.1. The van der Waals surface area contributed by atoms with Gasteiger partial charge < -0.3 is 23.2 Å². The van der Waals surface area contributed by atoms with Gasteiger partial charge >= 0.3 is 0 Å². The summed E-state index contributed by atoms with van der Waals surface area (Å²) in [6, 6.07) is 1.91. The molecule has 2 aromatic rings. The third kappa shape index (κ3) is 4.06. The summed E-state index contributed by atoms with van der Waals surface area (Å²) < 4.78 is 28.0. The molecule has 7 nitrogen and oxygen atoms in total. The molecule has 0 unspecified atom stereocenters. The molecule has 0 saturated carbocycles. The predicted molar refractivity (Wildman–Crippen MR) is 126 cm³/mol. The molecule has 2 aliphatic rings. The normalized spacial score (nSPS) is 29.0. The van der Waals surface area contributed by atoms with Gasteiger partial charge in [-0.15, -0.1) is 0 Å². The van der Waals surface area contributed by atoms with Crippen LogP contribution in [0.5, 0.6) is 0 Å². The van der Waals surface area contributed by atoms with Crippen LogP contribution in [0.3, 0.4) is 0 Å². The van der Waals surface area contributed by atoms with Crippen molar-refractivity contribution in [3.05, 3.63) is 21.2 Å². The zero-order valence-electron chi connectivity index (χ0n) is 18.4. The molecule has 30 heavy (non-hydrogen) atoms. The van der Waals surface area contributed by atoms with Crippen molar-refractivity contribution in [2.75, 3.05) is 6.61 Å². The van der Waals surface area contributed by atoms with Gasteiger partial charge in [0.1, 0.15) is 29.1 Å². The lowest BCUT2D eigenvalue weighted by Gasteiger charge is -2.37. The number of ether oxygens (including phenoxy) is 3. The second-order valence-electron chi connectivity index (χ2n) is 9.94. The van der Waals surface area contributed by atoms with E-state index < -0.39 is 14.1 Å². The lowest BCUT2D eigenvalue weighted by molar-refractivity contribution is -0.199. The molecule has 0 spiro atoms. The van der Waals surface area contributed by atoms with Gasteiger partial charge in [-0.05, 0) is 38.0 Å². The molecule has 2 aliphatic heterocycles. The Balaban J connectivity index is 1.64. The monoisotopic (exact) mass is 565 g/mol. The Labute approximate surface area is 197 Å². The van der Waals surface area contributed by atoms with Gasteiger partial charge in [0.05, 0.1) is 12.0 Å². The maximum Gasteiger partial charge on any atom is 0.194 e. The molecule has 0 bridgehead atoms. The lowest BCUT2D eigenvalue weighted by atomic mass is 10.1. The first-order chi connectivity index (χ1) is 13.8. The first kappa shape index (κ1) is 22.9. The Morgan fingerprint density at radius 2 is 1.90 bits per heavy atom. The number of nitrogens with zero attached hydrogens (tertiary/aromatic N) is 3. The van der Waals surface area contributed by atoms with Crippen LogP contribution in [0.15, 0.2) is 12.3 Å². The Bertz CT molecular complexity index is 961. The number of hydrogen-bond acceptors (Lipinski definition) is 6. The van der Waals surface area contributed by atoms with Gasteiger partial charge in [-0.1, -0.05) is 32.4 Å². The Hall–Kier alpha value is -0.303. The van der Waals surface area contributed by atoms with E-state index in [4.69, 9.17) is 30.2 Å². The van der Waals surface area contributed by atoms with Gasteiger partial charge in [0.2, 0.25) is 0 Å². The molecule has 2 aromatic heterocycles. The van der Waals surface area contributed by atoms with Crippen LogP contribution < -0.4 is 0 Å². The van der Waals surface area contributed by atoms with E-state index in [2.05, 4.69) is 66.4 Å². The molecule has 0 aliphatic carbocycles. The molecule has 10 heteroatoms. The molecule has 166 valence electrons. The molecule has 2 fully saturated rings. The van der Waals surface area contributed by atoms with E-state index in [1.165, 1.54) is 0 Å². The van der Waals surface area contributed by atoms with E-state index in [9.17, 15) is 0 Å². The molecule has 4 rings (SSSR count). The van der Waals surface area contributed by atoms with Crippen molar-refractivity contribution in [2.45, 2.75) is 83.1 Å². The van der Waals surface area contributed by atoms with E-state index in [1.54, 1.807) is 0 Å². The fourth-order valence-electron chi connectivity index (χ4n) is 3.70. The quantitative estimate of drug-likeness (QED) is 0.222. The molecule has 4 atom stereocenters. The summed E-state index contributed by atoms with van der Waals surface area (Å²) in [7, 11) is -1.92. The number of hydrogen-bond donors (Lipinski definition) is 0. The molecular weight excluding hydrogens is 537 g/mol. The number of aromatic nitrogens is 3. The zero-order chi connectivity index (χ0) is 22.1. The minimum absolute atomic E-state index is 0.123. The standard InChI is InChI=1S/C20H29ClIN3O4Si/c1-19(2,3)30(6,7)26-10-12-13-14(29-20(4,5)28-13)17(27-12)25-9-8-11-15(21)23-18(22)24-16(11)25/h8-9,12-14,17H,10H2,1-7H3/t12-,13-,14-,17-/m1/s1. The van der Waals surface area contributed by atoms with Gasteiger partial charge in [-0.25, -0.2) is 9.97 Å². The van der Waals surface area contributed by atoms with Crippen LogP contribution >= 0.6 is 34.2 Å². The van der Waals surface area contributed by atoms with Crippen molar-refractivity contribution in [1.29, 1.82) is 0 Å². The summed E-state index contributed by atoms with van der Waals surface area (Å²) in [6.45, 7) is 15.5. The average Bonchev–Trinajstić information content (AvgIpc) is 3.23. The van der Waals surface area contributed by atoms with Crippen LogP contribution in [0.2, 0.25) is 23.3 Å². The van der Waals surface area contributed by atoms with Gasteiger partial charge in [0.25, 0.3) is 0 Å². The fraction of sp³-hybridized carbons (Fsp3) is 0.700. The highest BCUT2D eigenvalue weighted by molar-refractivity contribution is 14.1. The molecule has 0 radical (unpaired) electrons. The van der Waals surface area contributed by atoms with Crippen LogP contribution in [0, 0.1) is 3.83 Å². The van der Waals surface area contributed by atoms with Crippen molar-refractivity contribution < 1.29 is 18.6 Å². The second-order valence-corrected chi connectivity index (χ2v) is 16.1. The summed E-state index contributed by atoms with van der Waals surface area (Å²) in [4.78, 5) is 8.83. The summed E-state index contributed by atoms with van der Waals surface area (Å²) in [5.41, 5.74) is 0.724. The van der Waals surface area contributed by atoms with Crippen molar-refractivity contribution >= 4 is 53.5 Å².